The van der Waals surface area contributed by atoms with E-state index in [9.17, 15) is 4.79 Å². The first-order valence-corrected chi connectivity index (χ1v) is 5.28. The van der Waals surface area contributed by atoms with E-state index in [1.54, 1.807) is 26.4 Å². The minimum atomic E-state index is 0.444. The molecule has 0 bridgehead atoms. The summed E-state index contributed by atoms with van der Waals surface area (Å²) in [7, 11) is 3.14. The number of benzene rings is 1. The second kappa shape index (κ2) is 5.27. The van der Waals surface area contributed by atoms with Crippen LogP contribution < -0.4 is 9.47 Å². The van der Waals surface area contributed by atoms with Gasteiger partial charge in [-0.3, -0.25) is 4.79 Å². The Hall–Kier alpha value is -2.43. The molecule has 5 heteroatoms. The van der Waals surface area contributed by atoms with Crippen molar-refractivity contribution in [2.24, 2.45) is 0 Å². The van der Waals surface area contributed by atoms with Gasteiger partial charge >= 0.3 is 0 Å². The number of rotatable bonds is 4. The third kappa shape index (κ3) is 2.29. The highest BCUT2D eigenvalue weighted by atomic mass is 16.5. The number of hydrogen-bond acceptors (Lipinski definition) is 5. The fraction of sp³-hybridized carbons (Fsp3) is 0.154. The van der Waals surface area contributed by atoms with E-state index in [2.05, 4.69) is 9.97 Å². The molecule has 0 N–H and O–H groups in total. The van der Waals surface area contributed by atoms with Gasteiger partial charge in [0.2, 0.25) is 0 Å². The van der Waals surface area contributed by atoms with E-state index in [-0.39, 0.29) is 0 Å². The van der Waals surface area contributed by atoms with E-state index in [0.717, 1.165) is 5.56 Å². The van der Waals surface area contributed by atoms with E-state index >= 15 is 0 Å². The Labute approximate surface area is 104 Å². The lowest BCUT2D eigenvalue weighted by atomic mass is 10.2. The van der Waals surface area contributed by atoms with E-state index in [1.165, 1.54) is 12.4 Å². The number of carbonyl (C=O) groups is 1. The first kappa shape index (κ1) is 12.0. The molecular formula is C13H12N2O3. The monoisotopic (exact) mass is 244 g/mol. The summed E-state index contributed by atoms with van der Waals surface area (Å²) in [4.78, 5) is 18.7. The summed E-state index contributed by atoms with van der Waals surface area (Å²) in [6.07, 6.45) is 3.66. The summed E-state index contributed by atoms with van der Waals surface area (Å²) < 4.78 is 10.4. The lowest BCUT2D eigenvalue weighted by Gasteiger charge is -2.08. The van der Waals surface area contributed by atoms with Crippen molar-refractivity contribution in [1.82, 2.24) is 9.97 Å². The number of carbonyl (C=O) groups excluding carboxylic acids is 1. The Kier molecular flexibility index (Phi) is 3.52. The number of ether oxygens (including phenoxy) is 2. The zero-order valence-corrected chi connectivity index (χ0v) is 10.1. The first-order valence-electron chi connectivity index (χ1n) is 5.28. The predicted molar refractivity (Wildman–Crippen MR) is 66.0 cm³/mol. The highest BCUT2D eigenvalue weighted by Gasteiger charge is 2.07. The van der Waals surface area contributed by atoms with Gasteiger partial charge in [-0.1, -0.05) is 0 Å². The van der Waals surface area contributed by atoms with Crippen LogP contribution in [0.5, 0.6) is 11.5 Å². The van der Waals surface area contributed by atoms with Crippen LogP contribution in [-0.2, 0) is 0 Å². The van der Waals surface area contributed by atoms with Crippen LogP contribution in [0.3, 0.4) is 0 Å². The topological polar surface area (TPSA) is 61.3 Å². The zero-order chi connectivity index (χ0) is 13.0. The SMILES string of the molecule is COc1ccc(-c2ncc(C=O)cn2)cc1OC. The number of nitrogens with zero attached hydrogens (tertiary/aromatic N) is 2. The maximum Gasteiger partial charge on any atom is 0.161 e. The van der Waals surface area contributed by atoms with E-state index < -0.39 is 0 Å². The Morgan fingerprint density at radius 1 is 1.06 bits per heavy atom. The highest BCUT2D eigenvalue weighted by Crippen LogP contribution is 2.30. The molecule has 18 heavy (non-hydrogen) atoms. The van der Waals surface area contributed by atoms with Gasteiger partial charge < -0.3 is 9.47 Å². The molecule has 0 saturated heterocycles. The van der Waals surface area contributed by atoms with Gasteiger partial charge in [0.1, 0.15) is 0 Å². The van der Waals surface area contributed by atoms with Crippen LogP contribution in [0.2, 0.25) is 0 Å². The van der Waals surface area contributed by atoms with E-state index in [0.29, 0.717) is 29.2 Å². The van der Waals surface area contributed by atoms with Crippen LogP contribution in [0.1, 0.15) is 10.4 Å². The molecule has 2 aromatic rings. The quantitative estimate of drug-likeness (QED) is 0.769. The van der Waals surface area contributed by atoms with Gasteiger partial charge in [-0.2, -0.15) is 0 Å². The van der Waals surface area contributed by atoms with Crippen LogP contribution in [0.25, 0.3) is 11.4 Å². The standard InChI is InChI=1S/C13H12N2O3/c1-17-11-4-3-10(5-12(11)18-2)13-14-6-9(8-16)7-15-13/h3-8H,1-2H3. The number of aldehydes is 1. The van der Waals surface area contributed by atoms with Crippen molar-refractivity contribution in [3.05, 3.63) is 36.2 Å². The van der Waals surface area contributed by atoms with Gasteiger partial charge in [0, 0.05) is 18.0 Å². The molecule has 1 aromatic heterocycles. The van der Waals surface area contributed by atoms with Crippen molar-refractivity contribution in [3.63, 3.8) is 0 Å². The van der Waals surface area contributed by atoms with E-state index in [1.807, 2.05) is 6.07 Å². The summed E-state index contributed by atoms with van der Waals surface area (Å²) >= 11 is 0. The molecule has 1 heterocycles. The molecule has 1 aromatic carbocycles. The molecule has 0 amide bonds. The van der Waals surface area contributed by atoms with Crippen LogP contribution in [0, 0.1) is 0 Å². The van der Waals surface area contributed by atoms with Crippen molar-refractivity contribution in [1.29, 1.82) is 0 Å². The van der Waals surface area contributed by atoms with Gasteiger partial charge in [-0.15, -0.1) is 0 Å². The van der Waals surface area contributed by atoms with Crippen LogP contribution >= 0.6 is 0 Å². The molecular weight excluding hydrogens is 232 g/mol. The summed E-state index contributed by atoms with van der Waals surface area (Å²) in [5.74, 6) is 1.78. The summed E-state index contributed by atoms with van der Waals surface area (Å²) in [6.45, 7) is 0. The van der Waals surface area contributed by atoms with Crippen LogP contribution in [-0.4, -0.2) is 30.5 Å². The van der Waals surface area contributed by atoms with Crippen molar-refractivity contribution in [2.45, 2.75) is 0 Å². The van der Waals surface area contributed by atoms with Gasteiger partial charge in [0.15, 0.2) is 23.6 Å². The fourth-order valence-electron chi connectivity index (χ4n) is 1.52. The van der Waals surface area contributed by atoms with Gasteiger partial charge in [-0.05, 0) is 18.2 Å². The molecule has 2 rings (SSSR count). The summed E-state index contributed by atoms with van der Waals surface area (Å²) in [6, 6.07) is 5.40. The molecule has 92 valence electrons. The minimum absolute atomic E-state index is 0.444. The summed E-state index contributed by atoms with van der Waals surface area (Å²) in [5, 5.41) is 0. The lowest BCUT2D eigenvalue weighted by molar-refractivity contribution is 0.112. The number of hydrogen-bond donors (Lipinski definition) is 0. The maximum absolute atomic E-state index is 10.5. The second-order valence-corrected chi connectivity index (χ2v) is 3.53. The molecule has 0 radical (unpaired) electrons. The Bertz CT molecular complexity index is 553. The molecule has 0 aliphatic carbocycles. The Balaban J connectivity index is 2.40. The second-order valence-electron chi connectivity index (χ2n) is 3.53. The number of aromatic nitrogens is 2. The largest absolute Gasteiger partial charge is 0.493 e. The van der Waals surface area contributed by atoms with Crippen molar-refractivity contribution in [3.8, 4) is 22.9 Å². The minimum Gasteiger partial charge on any atom is -0.493 e. The van der Waals surface area contributed by atoms with Crippen LogP contribution in [0.15, 0.2) is 30.6 Å². The van der Waals surface area contributed by atoms with Gasteiger partial charge in [0.05, 0.1) is 19.8 Å². The molecule has 0 aliphatic heterocycles. The van der Waals surface area contributed by atoms with Crippen molar-refractivity contribution in [2.75, 3.05) is 14.2 Å². The molecule has 0 aliphatic rings. The molecule has 0 fully saturated rings. The van der Waals surface area contributed by atoms with E-state index in [4.69, 9.17) is 9.47 Å². The third-order valence-electron chi connectivity index (χ3n) is 2.45. The van der Waals surface area contributed by atoms with Crippen molar-refractivity contribution < 1.29 is 14.3 Å². The predicted octanol–water partition coefficient (Wildman–Crippen LogP) is 1.97. The third-order valence-corrected chi connectivity index (χ3v) is 2.45. The molecule has 0 unspecified atom stereocenters. The van der Waals surface area contributed by atoms with Gasteiger partial charge in [-0.25, -0.2) is 9.97 Å². The highest BCUT2D eigenvalue weighted by molar-refractivity contribution is 5.74. The average molecular weight is 244 g/mol. The zero-order valence-electron chi connectivity index (χ0n) is 10.1. The Morgan fingerprint density at radius 2 is 1.72 bits per heavy atom. The lowest BCUT2D eigenvalue weighted by Crippen LogP contribution is -1.94. The Morgan fingerprint density at radius 3 is 2.28 bits per heavy atom. The average Bonchev–Trinajstić information content (AvgIpc) is 2.46. The fourth-order valence-corrected chi connectivity index (χ4v) is 1.52. The summed E-state index contributed by atoms with van der Waals surface area (Å²) in [5.41, 5.74) is 1.24. The molecule has 0 saturated carbocycles. The normalized spacial score (nSPS) is 9.89. The molecule has 0 atom stereocenters. The number of methoxy groups -OCH3 is 2. The van der Waals surface area contributed by atoms with Crippen LogP contribution in [0.4, 0.5) is 0 Å². The smallest absolute Gasteiger partial charge is 0.161 e. The first-order chi connectivity index (χ1) is 8.78. The van der Waals surface area contributed by atoms with Crippen molar-refractivity contribution >= 4 is 6.29 Å². The maximum atomic E-state index is 10.5. The van der Waals surface area contributed by atoms with Gasteiger partial charge in [0.25, 0.3) is 0 Å². The molecule has 0 spiro atoms. The molecule has 5 nitrogen and oxygen atoms in total.